The van der Waals surface area contributed by atoms with Gasteiger partial charge < -0.3 is 15.4 Å². The first-order valence-corrected chi connectivity index (χ1v) is 11.1. The van der Waals surface area contributed by atoms with Crippen molar-refractivity contribution >= 4 is 11.8 Å². The summed E-state index contributed by atoms with van der Waals surface area (Å²) in [5, 5.41) is 5.96. The second kappa shape index (κ2) is 8.00. The summed E-state index contributed by atoms with van der Waals surface area (Å²) < 4.78 is 5.75. The van der Waals surface area contributed by atoms with Crippen molar-refractivity contribution in [1.82, 2.24) is 10.6 Å². The summed E-state index contributed by atoms with van der Waals surface area (Å²) >= 11 is 0. The van der Waals surface area contributed by atoms with Gasteiger partial charge in [-0.3, -0.25) is 9.59 Å². The maximum absolute atomic E-state index is 12.9. The van der Waals surface area contributed by atoms with E-state index in [1.54, 1.807) is 0 Å². The largest absolute Gasteiger partial charge is 0.483 e. The van der Waals surface area contributed by atoms with Gasteiger partial charge in [0.1, 0.15) is 5.75 Å². The second-order valence-corrected chi connectivity index (χ2v) is 9.75. The van der Waals surface area contributed by atoms with Crippen LogP contribution < -0.4 is 15.4 Å². The number of hydrogen-bond donors (Lipinski definition) is 2. The summed E-state index contributed by atoms with van der Waals surface area (Å²) in [4.78, 5) is 25.1. The van der Waals surface area contributed by atoms with Gasteiger partial charge in [0.25, 0.3) is 5.91 Å². The Morgan fingerprint density at radius 1 is 0.931 bits per heavy atom. The van der Waals surface area contributed by atoms with E-state index in [2.05, 4.69) is 16.7 Å². The van der Waals surface area contributed by atoms with E-state index >= 15 is 0 Å². The van der Waals surface area contributed by atoms with Crippen molar-refractivity contribution in [1.29, 1.82) is 0 Å². The standard InChI is InChI=1S/C24H34N2O3/c1-15-4-5-16(2)22(17(15)3)29-14-21(27)25-6-7-26-23(28)24-11-18-8-19(12-24)10-20(9-18)13-24/h4-5,18-20H,6-14H2,1-3H3,(H,25,27)(H,26,28). The molecule has 4 fully saturated rings. The van der Waals surface area contributed by atoms with Crippen LogP contribution in [0.3, 0.4) is 0 Å². The van der Waals surface area contributed by atoms with Gasteiger partial charge in [-0.1, -0.05) is 12.1 Å². The number of ether oxygens (including phenoxy) is 1. The molecule has 0 radical (unpaired) electrons. The summed E-state index contributed by atoms with van der Waals surface area (Å²) in [7, 11) is 0. The van der Waals surface area contributed by atoms with Crippen molar-refractivity contribution in [3.05, 3.63) is 28.8 Å². The first-order chi connectivity index (χ1) is 13.9. The molecule has 0 spiro atoms. The van der Waals surface area contributed by atoms with Crippen LogP contribution in [0.2, 0.25) is 0 Å². The molecule has 2 N–H and O–H groups in total. The topological polar surface area (TPSA) is 67.4 Å². The van der Waals surface area contributed by atoms with Gasteiger partial charge in [0.05, 0.1) is 0 Å². The van der Waals surface area contributed by atoms with Crippen LogP contribution in [0, 0.1) is 43.9 Å². The molecule has 0 atom stereocenters. The van der Waals surface area contributed by atoms with Crippen molar-refractivity contribution in [3.8, 4) is 5.75 Å². The van der Waals surface area contributed by atoms with Gasteiger partial charge in [0.2, 0.25) is 5.91 Å². The van der Waals surface area contributed by atoms with Crippen LogP contribution in [0.5, 0.6) is 5.75 Å². The van der Waals surface area contributed by atoms with Gasteiger partial charge >= 0.3 is 0 Å². The van der Waals surface area contributed by atoms with E-state index in [0.29, 0.717) is 13.1 Å². The maximum atomic E-state index is 12.9. The van der Waals surface area contributed by atoms with Crippen LogP contribution in [0.25, 0.3) is 0 Å². The van der Waals surface area contributed by atoms with E-state index in [-0.39, 0.29) is 23.8 Å². The minimum atomic E-state index is -0.158. The highest BCUT2D eigenvalue weighted by Gasteiger charge is 2.54. The molecule has 5 nitrogen and oxygen atoms in total. The van der Waals surface area contributed by atoms with Crippen molar-refractivity contribution in [2.24, 2.45) is 23.2 Å². The summed E-state index contributed by atoms with van der Waals surface area (Å²) in [5.41, 5.74) is 3.13. The Bertz CT molecular complexity index is 766. The molecule has 2 amide bonds. The Balaban J connectivity index is 1.20. The van der Waals surface area contributed by atoms with Gasteiger partial charge in [0.15, 0.2) is 6.61 Å². The molecule has 1 aromatic rings. The van der Waals surface area contributed by atoms with Crippen molar-refractivity contribution < 1.29 is 14.3 Å². The fourth-order valence-corrected chi connectivity index (χ4v) is 6.29. The van der Waals surface area contributed by atoms with E-state index in [4.69, 9.17) is 4.74 Å². The smallest absolute Gasteiger partial charge is 0.258 e. The van der Waals surface area contributed by atoms with E-state index in [1.807, 2.05) is 26.8 Å². The molecule has 4 aliphatic rings. The zero-order valence-corrected chi connectivity index (χ0v) is 18.0. The molecular weight excluding hydrogens is 364 g/mol. The Labute approximate surface area is 174 Å². The average Bonchev–Trinajstić information content (AvgIpc) is 2.67. The molecule has 5 rings (SSSR count). The number of aryl methyl sites for hydroxylation is 2. The van der Waals surface area contributed by atoms with E-state index in [9.17, 15) is 9.59 Å². The number of amides is 2. The van der Waals surface area contributed by atoms with Crippen LogP contribution in [-0.2, 0) is 9.59 Å². The molecule has 0 heterocycles. The third-order valence-corrected chi connectivity index (χ3v) is 7.47. The first-order valence-electron chi connectivity index (χ1n) is 11.1. The zero-order valence-electron chi connectivity index (χ0n) is 18.0. The molecule has 158 valence electrons. The second-order valence-electron chi connectivity index (χ2n) is 9.75. The summed E-state index contributed by atoms with van der Waals surface area (Å²) in [5.74, 6) is 3.13. The van der Waals surface area contributed by atoms with E-state index in [1.165, 1.54) is 19.3 Å². The molecule has 1 aromatic carbocycles. The van der Waals surface area contributed by atoms with Crippen LogP contribution in [-0.4, -0.2) is 31.5 Å². The van der Waals surface area contributed by atoms with Gasteiger partial charge in [-0.2, -0.15) is 0 Å². The molecule has 0 aromatic heterocycles. The highest BCUT2D eigenvalue weighted by atomic mass is 16.5. The third kappa shape index (κ3) is 4.15. The van der Waals surface area contributed by atoms with Gasteiger partial charge in [-0.25, -0.2) is 0 Å². The molecule has 0 saturated heterocycles. The van der Waals surface area contributed by atoms with Crippen molar-refractivity contribution in [2.45, 2.75) is 59.3 Å². The fourth-order valence-electron chi connectivity index (χ4n) is 6.29. The minimum absolute atomic E-state index is 0.00590. The Morgan fingerprint density at radius 3 is 2.10 bits per heavy atom. The average molecular weight is 399 g/mol. The Hall–Kier alpha value is -2.04. The lowest BCUT2D eigenvalue weighted by atomic mass is 9.49. The lowest BCUT2D eigenvalue weighted by Gasteiger charge is -2.55. The lowest BCUT2D eigenvalue weighted by Crippen LogP contribution is -2.54. The molecule has 5 heteroatoms. The quantitative estimate of drug-likeness (QED) is 0.692. The maximum Gasteiger partial charge on any atom is 0.258 e. The van der Waals surface area contributed by atoms with Crippen LogP contribution >= 0.6 is 0 Å². The zero-order chi connectivity index (χ0) is 20.6. The number of benzene rings is 1. The predicted molar refractivity (Wildman–Crippen MR) is 113 cm³/mol. The third-order valence-electron chi connectivity index (χ3n) is 7.47. The van der Waals surface area contributed by atoms with E-state index in [0.717, 1.165) is 59.5 Å². The molecule has 4 aliphatic carbocycles. The summed E-state index contributed by atoms with van der Waals surface area (Å²) in [6.07, 6.45) is 7.22. The number of rotatable bonds is 7. The van der Waals surface area contributed by atoms with Crippen LogP contribution in [0.1, 0.15) is 55.2 Å². The highest BCUT2D eigenvalue weighted by Crippen LogP contribution is 2.60. The van der Waals surface area contributed by atoms with Gasteiger partial charge in [-0.05, 0) is 93.7 Å². The number of hydrogen-bond acceptors (Lipinski definition) is 3. The SMILES string of the molecule is Cc1ccc(C)c(OCC(=O)NCCNC(=O)C23CC4CC(CC(C4)C2)C3)c1C. The molecule has 4 bridgehead atoms. The minimum Gasteiger partial charge on any atom is -0.483 e. The van der Waals surface area contributed by atoms with E-state index < -0.39 is 0 Å². The Morgan fingerprint density at radius 2 is 1.48 bits per heavy atom. The summed E-state index contributed by atoms with van der Waals surface area (Å²) in [6, 6.07) is 4.07. The normalized spacial score (nSPS) is 29.6. The molecule has 4 saturated carbocycles. The molecule has 0 unspecified atom stereocenters. The van der Waals surface area contributed by atoms with Crippen LogP contribution in [0.15, 0.2) is 12.1 Å². The summed E-state index contributed by atoms with van der Waals surface area (Å²) in [6.45, 7) is 6.94. The molecular formula is C24H34N2O3. The number of carbonyl (C=O) groups excluding carboxylic acids is 2. The Kier molecular flexibility index (Phi) is 5.58. The molecule has 0 aliphatic heterocycles. The first kappa shape index (κ1) is 20.2. The molecule has 29 heavy (non-hydrogen) atoms. The lowest BCUT2D eigenvalue weighted by molar-refractivity contribution is -0.146. The number of nitrogens with one attached hydrogen (secondary N) is 2. The van der Waals surface area contributed by atoms with Crippen molar-refractivity contribution in [2.75, 3.05) is 19.7 Å². The highest BCUT2D eigenvalue weighted by molar-refractivity contribution is 5.83. The van der Waals surface area contributed by atoms with Crippen LogP contribution in [0.4, 0.5) is 0 Å². The monoisotopic (exact) mass is 398 g/mol. The van der Waals surface area contributed by atoms with Crippen molar-refractivity contribution in [3.63, 3.8) is 0 Å². The fraction of sp³-hybridized carbons (Fsp3) is 0.667. The number of carbonyl (C=O) groups is 2. The van der Waals surface area contributed by atoms with Gasteiger partial charge in [-0.15, -0.1) is 0 Å². The van der Waals surface area contributed by atoms with Gasteiger partial charge in [0, 0.05) is 18.5 Å². The predicted octanol–water partition coefficient (Wildman–Crippen LogP) is 3.44.